The molecule has 0 N–H and O–H groups in total. The lowest BCUT2D eigenvalue weighted by Crippen LogP contribution is -2.40. The van der Waals surface area contributed by atoms with E-state index in [0.717, 1.165) is 28.4 Å². The SMILES string of the molecule is CC(C)[C@@H](C)N(Cc1cccn1Cc1cccc(Cl)c1)C(=O)/C=C/c1ccccc1. The summed E-state index contributed by atoms with van der Waals surface area (Å²) in [5, 5.41) is 0.734. The Balaban J connectivity index is 1.80. The van der Waals surface area contributed by atoms with Crippen molar-refractivity contribution in [2.45, 2.75) is 39.9 Å². The van der Waals surface area contributed by atoms with Gasteiger partial charge >= 0.3 is 0 Å². The fourth-order valence-corrected chi connectivity index (χ4v) is 3.58. The van der Waals surface area contributed by atoms with Crippen LogP contribution in [0.5, 0.6) is 0 Å². The molecule has 0 unspecified atom stereocenters. The molecule has 0 spiro atoms. The number of amides is 1. The predicted molar refractivity (Wildman–Crippen MR) is 125 cm³/mol. The monoisotopic (exact) mass is 420 g/mol. The van der Waals surface area contributed by atoms with Crippen LogP contribution in [0.15, 0.2) is 79.0 Å². The van der Waals surface area contributed by atoms with Crippen molar-refractivity contribution >= 4 is 23.6 Å². The summed E-state index contributed by atoms with van der Waals surface area (Å²) >= 11 is 6.14. The molecule has 0 aliphatic carbocycles. The van der Waals surface area contributed by atoms with Gasteiger partial charge in [-0.3, -0.25) is 4.79 Å². The first-order chi connectivity index (χ1) is 14.4. The molecule has 0 saturated carbocycles. The molecule has 2 aromatic carbocycles. The lowest BCUT2D eigenvalue weighted by atomic mass is 10.0. The predicted octanol–water partition coefficient (Wildman–Crippen LogP) is 6.28. The molecule has 0 radical (unpaired) electrons. The smallest absolute Gasteiger partial charge is 0.247 e. The summed E-state index contributed by atoms with van der Waals surface area (Å²) in [7, 11) is 0. The zero-order valence-corrected chi connectivity index (χ0v) is 18.6. The van der Waals surface area contributed by atoms with E-state index in [2.05, 4.69) is 43.7 Å². The number of carbonyl (C=O) groups is 1. The van der Waals surface area contributed by atoms with Crippen molar-refractivity contribution in [1.29, 1.82) is 0 Å². The summed E-state index contributed by atoms with van der Waals surface area (Å²) < 4.78 is 2.18. The summed E-state index contributed by atoms with van der Waals surface area (Å²) in [5.74, 6) is 0.381. The summed E-state index contributed by atoms with van der Waals surface area (Å²) in [4.78, 5) is 15.1. The molecule has 0 bridgehead atoms. The summed E-state index contributed by atoms with van der Waals surface area (Å²) in [6.07, 6.45) is 5.62. The van der Waals surface area contributed by atoms with Crippen LogP contribution in [0, 0.1) is 5.92 Å². The second kappa shape index (κ2) is 10.3. The van der Waals surface area contributed by atoms with Crippen molar-refractivity contribution in [3.63, 3.8) is 0 Å². The van der Waals surface area contributed by atoms with Gasteiger partial charge in [0.1, 0.15) is 0 Å². The minimum Gasteiger partial charge on any atom is -0.345 e. The van der Waals surface area contributed by atoms with E-state index in [1.807, 2.05) is 65.6 Å². The topological polar surface area (TPSA) is 25.2 Å². The number of hydrogen-bond donors (Lipinski definition) is 0. The number of benzene rings is 2. The van der Waals surface area contributed by atoms with E-state index in [9.17, 15) is 4.79 Å². The Kier molecular flexibility index (Phi) is 7.53. The maximum Gasteiger partial charge on any atom is 0.247 e. The van der Waals surface area contributed by atoms with Crippen molar-refractivity contribution in [2.24, 2.45) is 5.92 Å². The van der Waals surface area contributed by atoms with Gasteiger partial charge in [0.05, 0.1) is 6.54 Å². The molecule has 0 fully saturated rings. The zero-order chi connectivity index (χ0) is 21.5. The number of aromatic nitrogens is 1. The quantitative estimate of drug-likeness (QED) is 0.394. The van der Waals surface area contributed by atoms with Gasteiger partial charge in [0, 0.05) is 35.6 Å². The number of halogens is 1. The van der Waals surface area contributed by atoms with Crippen molar-refractivity contribution in [3.05, 3.63) is 101 Å². The van der Waals surface area contributed by atoms with Crippen molar-refractivity contribution in [2.75, 3.05) is 0 Å². The first-order valence-corrected chi connectivity index (χ1v) is 10.7. The van der Waals surface area contributed by atoms with Gasteiger partial charge < -0.3 is 9.47 Å². The van der Waals surface area contributed by atoms with E-state index in [1.54, 1.807) is 6.08 Å². The molecule has 3 nitrogen and oxygen atoms in total. The fourth-order valence-electron chi connectivity index (χ4n) is 3.36. The third-order valence-electron chi connectivity index (χ3n) is 5.46. The second-order valence-corrected chi connectivity index (χ2v) is 8.39. The Labute approximate surface area is 184 Å². The minimum atomic E-state index is 0.0237. The molecule has 0 aliphatic rings. The zero-order valence-electron chi connectivity index (χ0n) is 17.8. The minimum absolute atomic E-state index is 0.0237. The van der Waals surface area contributed by atoms with Crippen LogP contribution in [0.1, 0.15) is 37.6 Å². The number of carbonyl (C=O) groups excluding carboxylic acids is 1. The first-order valence-electron chi connectivity index (χ1n) is 10.4. The van der Waals surface area contributed by atoms with E-state index >= 15 is 0 Å². The number of nitrogens with zero attached hydrogens (tertiary/aromatic N) is 2. The highest BCUT2D eigenvalue weighted by molar-refractivity contribution is 6.30. The van der Waals surface area contributed by atoms with Crippen molar-refractivity contribution < 1.29 is 4.79 Å². The molecule has 3 aromatic rings. The number of hydrogen-bond acceptors (Lipinski definition) is 1. The highest BCUT2D eigenvalue weighted by Gasteiger charge is 2.22. The van der Waals surface area contributed by atoms with Crippen LogP contribution >= 0.6 is 11.6 Å². The van der Waals surface area contributed by atoms with Gasteiger partial charge in [-0.05, 0) is 54.3 Å². The van der Waals surface area contributed by atoms with Gasteiger partial charge in [-0.25, -0.2) is 0 Å². The average molecular weight is 421 g/mol. The maximum atomic E-state index is 13.1. The highest BCUT2D eigenvalue weighted by Crippen LogP contribution is 2.18. The third-order valence-corrected chi connectivity index (χ3v) is 5.69. The Hall–Kier alpha value is -2.78. The molecule has 30 heavy (non-hydrogen) atoms. The van der Waals surface area contributed by atoms with Crippen molar-refractivity contribution in [1.82, 2.24) is 9.47 Å². The van der Waals surface area contributed by atoms with Gasteiger partial charge in [0.25, 0.3) is 0 Å². The summed E-state index contributed by atoms with van der Waals surface area (Å²) in [6, 6.07) is 22.0. The molecule has 1 aromatic heterocycles. The first kappa shape index (κ1) is 21.9. The molecular formula is C26H29ClN2O. The fraction of sp³-hybridized carbons (Fsp3) is 0.269. The Bertz CT molecular complexity index is 991. The molecule has 156 valence electrons. The molecule has 4 heteroatoms. The largest absolute Gasteiger partial charge is 0.345 e. The molecule has 1 heterocycles. The molecular weight excluding hydrogens is 392 g/mol. The van der Waals surface area contributed by atoms with E-state index in [4.69, 9.17) is 11.6 Å². The van der Waals surface area contributed by atoms with Crippen LogP contribution in [-0.2, 0) is 17.9 Å². The van der Waals surface area contributed by atoms with E-state index in [1.165, 1.54) is 0 Å². The molecule has 1 amide bonds. The van der Waals surface area contributed by atoms with Gasteiger partial charge in [-0.15, -0.1) is 0 Å². The molecule has 3 rings (SSSR count). The lowest BCUT2D eigenvalue weighted by molar-refractivity contribution is -0.129. The van der Waals surface area contributed by atoms with E-state index in [0.29, 0.717) is 12.5 Å². The van der Waals surface area contributed by atoms with Crippen LogP contribution < -0.4 is 0 Å². The van der Waals surface area contributed by atoms with E-state index in [-0.39, 0.29) is 11.9 Å². The highest BCUT2D eigenvalue weighted by atomic mass is 35.5. The third kappa shape index (κ3) is 5.87. The van der Waals surface area contributed by atoms with Gasteiger partial charge in [0.15, 0.2) is 0 Å². The molecule has 0 saturated heterocycles. The Morgan fingerprint density at radius 3 is 2.50 bits per heavy atom. The lowest BCUT2D eigenvalue weighted by Gasteiger charge is -2.31. The van der Waals surface area contributed by atoms with Gasteiger partial charge in [-0.1, -0.05) is 67.9 Å². The normalized spacial score (nSPS) is 12.4. The standard InChI is InChI=1S/C26H29ClN2O/c1-20(2)21(3)29(26(30)15-14-22-9-5-4-6-10-22)19-25-13-8-16-28(25)18-23-11-7-12-24(27)17-23/h4-17,20-21H,18-19H2,1-3H3/b15-14+/t21-/m1/s1. The summed E-state index contributed by atoms with van der Waals surface area (Å²) in [5.41, 5.74) is 3.26. The van der Waals surface area contributed by atoms with Crippen LogP contribution in [0.2, 0.25) is 5.02 Å². The van der Waals surface area contributed by atoms with Crippen LogP contribution in [-0.4, -0.2) is 21.4 Å². The van der Waals surface area contributed by atoms with Crippen LogP contribution in [0.3, 0.4) is 0 Å². The second-order valence-electron chi connectivity index (χ2n) is 7.95. The summed E-state index contributed by atoms with van der Waals surface area (Å²) in [6.45, 7) is 7.70. The average Bonchev–Trinajstić information content (AvgIpc) is 3.17. The van der Waals surface area contributed by atoms with Crippen molar-refractivity contribution in [3.8, 4) is 0 Å². The Morgan fingerprint density at radius 2 is 1.80 bits per heavy atom. The maximum absolute atomic E-state index is 13.1. The van der Waals surface area contributed by atoms with Gasteiger partial charge in [0.2, 0.25) is 5.91 Å². The van der Waals surface area contributed by atoms with Gasteiger partial charge in [-0.2, -0.15) is 0 Å². The Morgan fingerprint density at radius 1 is 1.03 bits per heavy atom. The van der Waals surface area contributed by atoms with Crippen LogP contribution in [0.25, 0.3) is 6.08 Å². The number of rotatable bonds is 8. The molecule has 1 atom stereocenters. The van der Waals surface area contributed by atoms with Crippen LogP contribution in [0.4, 0.5) is 0 Å². The van der Waals surface area contributed by atoms with E-state index < -0.39 is 0 Å². The molecule has 0 aliphatic heterocycles.